The topological polar surface area (TPSA) is 83.0 Å². The molecule has 1 spiro atoms. The van der Waals surface area contributed by atoms with Gasteiger partial charge in [0, 0.05) is 31.6 Å². The lowest BCUT2D eigenvalue weighted by Gasteiger charge is -2.34. The second-order valence-corrected chi connectivity index (χ2v) is 10.1. The van der Waals surface area contributed by atoms with Gasteiger partial charge in [0.15, 0.2) is 0 Å². The smallest absolute Gasteiger partial charge is 0.257 e. The van der Waals surface area contributed by atoms with Crippen molar-refractivity contribution in [1.82, 2.24) is 10.4 Å². The number of amides is 2. The number of aliphatic imine (C=N–C) groups is 1. The van der Waals surface area contributed by atoms with E-state index in [2.05, 4.69) is 10.6 Å². The van der Waals surface area contributed by atoms with Crippen molar-refractivity contribution in [3.8, 4) is 0 Å². The van der Waals surface area contributed by atoms with Crippen LogP contribution in [0.4, 0.5) is 14.5 Å². The van der Waals surface area contributed by atoms with E-state index in [1.165, 1.54) is 12.5 Å². The number of hydroxylamine groups is 2. The summed E-state index contributed by atoms with van der Waals surface area (Å²) >= 11 is 0. The number of nitrogens with one attached hydrogen (secondary N) is 2. The quantitative estimate of drug-likeness (QED) is 0.516. The maximum Gasteiger partial charge on any atom is 0.257 e. The number of piperidine rings is 1. The van der Waals surface area contributed by atoms with Crippen molar-refractivity contribution in [1.29, 1.82) is 0 Å². The molecule has 36 heavy (non-hydrogen) atoms. The molecule has 3 aliphatic rings. The van der Waals surface area contributed by atoms with Crippen LogP contribution in [-0.2, 0) is 20.8 Å². The number of nitrogens with zero attached hydrogens (tertiary/aromatic N) is 2. The first-order valence-corrected chi connectivity index (χ1v) is 12.9. The number of hydrogen-bond donors (Lipinski definition) is 2. The molecule has 2 heterocycles. The van der Waals surface area contributed by atoms with E-state index in [9.17, 15) is 18.4 Å². The molecule has 9 heteroatoms. The fourth-order valence-corrected chi connectivity index (χ4v) is 5.43. The number of rotatable bonds is 8. The van der Waals surface area contributed by atoms with Gasteiger partial charge in [0.1, 0.15) is 11.4 Å². The highest BCUT2D eigenvalue weighted by Crippen LogP contribution is 2.36. The first-order chi connectivity index (χ1) is 17.2. The SMILES string of the molecule is CC(=O)Nc1ccc(CCON2CCC3(CC2)N=C([C@H]2CC[C@H](/C=C/C(F)F)CC2)NC3=O)c(C)c1. The van der Waals surface area contributed by atoms with Gasteiger partial charge < -0.3 is 10.6 Å². The molecule has 1 aliphatic carbocycles. The summed E-state index contributed by atoms with van der Waals surface area (Å²) in [4.78, 5) is 35.0. The summed E-state index contributed by atoms with van der Waals surface area (Å²) in [6, 6.07) is 5.87. The van der Waals surface area contributed by atoms with Crippen LogP contribution >= 0.6 is 0 Å². The van der Waals surface area contributed by atoms with E-state index >= 15 is 0 Å². The molecule has 0 bridgehead atoms. The molecular formula is C27H36F2N4O3. The Balaban J connectivity index is 1.23. The number of carbonyl (C=O) groups excluding carboxylic acids is 2. The third-order valence-corrected chi connectivity index (χ3v) is 7.54. The number of aryl methyl sites for hydroxylation is 1. The molecule has 0 unspecified atom stereocenters. The van der Waals surface area contributed by atoms with Crippen molar-refractivity contribution in [2.24, 2.45) is 16.8 Å². The number of anilines is 1. The number of hydrogen-bond acceptors (Lipinski definition) is 5. The van der Waals surface area contributed by atoms with Gasteiger partial charge in [-0.3, -0.25) is 19.4 Å². The zero-order valence-corrected chi connectivity index (χ0v) is 21.1. The molecule has 2 fully saturated rings. The highest BCUT2D eigenvalue weighted by atomic mass is 19.3. The van der Waals surface area contributed by atoms with Gasteiger partial charge in [0.2, 0.25) is 5.91 Å². The second kappa shape index (κ2) is 11.6. The van der Waals surface area contributed by atoms with Gasteiger partial charge in [0.25, 0.3) is 12.3 Å². The van der Waals surface area contributed by atoms with Gasteiger partial charge in [-0.25, -0.2) is 8.78 Å². The number of amidine groups is 1. The van der Waals surface area contributed by atoms with Gasteiger partial charge >= 0.3 is 0 Å². The number of halogens is 2. The van der Waals surface area contributed by atoms with Gasteiger partial charge in [-0.05, 0) is 87.1 Å². The average molecular weight is 503 g/mol. The van der Waals surface area contributed by atoms with Crippen LogP contribution in [0.1, 0.15) is 56.6 Å². The molecule has 196 valence electrons. The van der Waals surface area contributed by atoms with Gasteiger partial charge in [-0.15, -0.1) is 0 Å². The van der Waals surface area contributed by atoms with Crippen LogP contribution in [0, 0.1) is 18.8 Å². The third kappa shape index (κ3) is 6.56. The maximum absolute atomic E-state index is 12.9. The second-order valence-electron chi connectivity index (χ2n) is 10.1. The standard InChI is InChI=1S/C27H36F2N4O3/c1-18-17-23(30-19(2)34)9-8-21(18)11-16-36-33-14-12-27(13-15-33)26(35)31-25(32-27)22-6-3-20(4-7-22)5-10-24(28)29/h5,8-10,17,20,22,24H,3-4,6-7,11-16H2,1-2H3,(H,30,34)(H,31,32,35)/b10-5+/t20-,22-. The largest absolute Gasteiger partial charge is 0.326 e. The monoisotopic (exact) mass is 502 g/mol. The van der Waals surface area contributed by atoms with Crippen LogP contribution in [0.2, 0.25) is 0 Å². The van der Waals surface area contributed by atoms with Crippen LogP contribution in [-0.4, -0.2) is 54.4 Å². The third-order valence-electron chi connectivity index (χ3n) is 7.54. The van der Waals surface area contributed by atoms with Gasteiger partial charge in [-0.2, -0.15) is 5.06 Å². The van der Waals surface area contributed by atoms with E-state index in [1.54, 1.807) is 6.08 Å². The van der Waals surface area contributed by atoms with E-state index in [0.29, 0.717) is 32.5 Å². The van der Waals surface area contributed by atoms with Crippen LogP contribution in [0.25, 0.3) is 0 Å². The first kappa shape index (κ1) is 26.4. The Kier molecular flexibility index (Phi) is 8.51. The van der Waals surface area contributed by atoms with E-state index < -0.39 is 12.0 Å². The molecule has 0 radical (unpaired) electrons. The molecule has 2 aliphatic heterocycles. The lowest BCUT2D eigenvalue weighted by atomic mass is 9.81. The minimum atomic E-state index is -2.40. The molecule has 2 N–H and O–H groups in total. The van der Waals surface area contributed by atoms with E-state index in [0.717, 1.165) is 55.3 Å². The summed E-state index contributed by atoms with van der Waals surface area (Å²) in [5, 5.41) is 7.76. The van der Waals surface area contributed by atoms with Crippen molar-refractivity contribution in [3.63, 3.8) is 0 Å². The molecule has 1 saturated heterocycles. The Morgan fingerprint density at radius 1 is 1.28 bits per heavy atom. The van der Waals surface area contributed by atoms with E-state index in [1.807, 2.05) is 30.2 Å². The molecule has 4 rings (SSSR count). The van der Waals surface area contributed by atoms with Crippen molar-refractivity contribution in [2.45, 2.75) is 70.8 Å². The Labute approximate surface area is 211 Å². The number of alkyl halides is 2. The predicted molar refractivity (Wildman–Crippen MR) is 135 cm³/mol. The Morgan fingerprint density at radius 3 is 2.64 bits per heavy atom. The molecule has 1 aromatic carbocycles. The van der Waals surface area contributed by atoms with Crippen molar-refractivity contribution in [2.75, 3.05) is 25.0 Å². The number of carbonyl (C=O) groups is 2. The Hall–Kier alpha value is -2.65. The summed E-state index contributed by atoms with van der Waals surface area (Å²) in [6.07, 6.45) is 5.58. The molecule has 2 amide bonds. The molecule has 0 atom stereocenters. The number of benzene rings is 1. The maximum atomic E-state index is 12.9. The number of allylic oxidation sites excluding steroid dienone is 2. The van der Waals surface area contributed by atoms with E-state index in [-0.39, 0.29) is 23.7 Å². The van der Waals surface area contributed by atoms with Crippen molar-refractivity contribution >= 4 is 23.3 Å². The van der Waals surface area contributed by atoms with Crippen LogP contribution in [0.3, 0.4) is 0 Å². The summed E-state index contributed by atoms with van der Waals surface area (Å²) in [5.41, 5.74) is 2.35. The van der Waals surface area contributed by atoms with Crippen LogP contribution in [0.5, 0.6) is 0 Å². The average Bonchev–Trinajstić information content (AvgIpc) is 3.16. The zero-order valence-electron chi connectivity index (χ0n) is 21.1. The van der Waals surface area contributed by atoms with Gasteiger partial charge in [-0.1, -0.05) is 12.1 Å². The summed E-state index contributed by atoms with van der Waals surface area (Å²) in [7, 11) is 0. The zero-order chi connectivity index (χ0) is 25.7. The highest BCUT2D eigenvalue weighted by molar-refractivity contribution is 6.09. The molecule has 1 aromatic rings. The van der Waals surface area contributed by atoms with Crippen molar-refractivity contribution in [3.05, 3.63) is 41.5 Å². The first-order valence-electron chi connectivity index (χ1n) is 12.9. The summed E-state index contributed by atoms with van der Waals surface area (Å²) in [6.45, 7) is 5.32. The summed E-state index contributed by atoms with van der Waals surface area (Å²) in [5.74, 6) is 1.05. The van der Waals surface area contributed by atoms with Crippen molar-refractivity contribution < 1.29 is 23.2 Å². The lowest BCUT2D eigenvalue weighted by Crippen LogP contribution is -2.49. The minimum Gasteiger partial charge on any atom is -0.326 e. The predicted octanol–water partition coefficient (Wildman–Crippen LogP) is 4.42. The normalized spacial score (nSPS) is 24.4. The van der Waals surface area contributed by atoms with Gasteiger partial charge in [0.05, 0.1) is 6.61 Å². The van der Waals surface area contributed by atoms with E-state index in [4.69, 9.17) is 9.83 Å². The van der Waals surface area contributed by atoms with Crippen LogP contribution < -0.4 is 10.6 Å². The Bertz CT molecular complexity index is 1010. The highest BCUT2D eigenvalue weighted by Gasteiger charge is 2.47. The molecule has 0 aromatic heterocycles. The summed E-state index contributed by atoms with van der Waals surface area (Å²) < 4.78 is 24.8. The molecular weight excluding hydrogens is 466 g/mol. The molecule has 1 saturated carbocycles. The Morgan fingerprint density at radius 2 is 2.00 bits per heavy atom. The lowest BCUT2D eigenvalue weighted by molar-refractivity contribution is -0.176. The molecule has 7 nitrogen and oxygen atoms in total. The minimum absolute atomic E-state index is 0.0215. The fraction of sp³-hybridized carbons (Fsp3) is 0.593. The fourth-order valence-electron chi connectivity index (χ4n) is 5.43. The van der Waals surface area contributed by atoms with Crippen LogP contribution in [0.15, 0.2) is 35.3 Å².